The Labute approximate surface area is 99.2 Å². The van der Waals surface area contributed by atoms with Gasteiger partial charge >= 0.3 is 13.4 Å². The van der Waals surface area contributed by atoms with Crippen LogP contribution in [0, 0.1) is 6.92 Å². The molecule has 1 aromatic rings. The minimum Gasteiger partial charge on any atom is -0.497 e. The first-order valence-electron chi connectivity index (χ1n) is 5.01. The molecule has 17 heavy (non-hydrogen) atoms. The summed E-state index contributed by atoms with van der Waals surface area (Å²) in [4.78, 5) is 15.6. The molecule has 0 saturated carbocycles. The maximum absolute atomic E-state index is 11.8. The number of nitrogens with zero attached hydrogens (tertiary/aromatic N) is 2. The predicted molar refractivity (Wildman–Crippen MR) is 59.4 cm³/mol. The topological polar surface area (TPSA) is 93.8 Å². The first kappa shape index (κ1) is 13.5. The standard InChI is InChI=1S/C9H15BN2O5/c1-6-11-5-7(17-10(14)15)12(6)8(13)16-9(2,3)4/h5,14-15H,1-4H3. The van der Waals surface area contributed by atoms with Gasteiger partial charge in [-0.3, -0.25) is 0 Å². The zero-order valence-corrected chi connectivity index (χ0v) is 10.2. The van der Waals surface area contributed by atoms with Gasteiger partial charge in [0.15, 0.2) is 0 Å². The zero-order valence-electron chi connectivity index (χ0n) is 10.2. The van der Waals surface area contributed by atoms with Crippen molar-refractivity contribution in [3.8, 4) is 5.88 Å². The van der Waals surface area contributed by atoms with Crippen LogP contribution < -0.4 is 4.65 Å². The van der Waals surface area contributed by atoms with Crippen molar-refractivity contribution in [2.45, 2.75) is 33.3 Å². The molecule has 0 bridgehead atoms. The SMILES string of the molecule is Cc1ncc(OB(O)O)n1C(=O)OC(C)(C)C. The number of carbonyl (C=O) groups excluding carboxylic acids is 1. The normalized spacial score (nSPS) is 11.2. The highest BCUT2D eigenvalue weighted by Gasteiger charge is 2.24. The molecule has 1 heterocycles. The van der Waals surface area contributed by atoms with Crippen molar-refractivity contribution in [3.63, 3.8) is 0 Å². The molecule has 2 N–H and O–H groups in total. The molecule has 0 aliphatic heterocycles. The lowest BCUT2D eigenvalue weighted by Gasteiger charge is -2.20. The van der Waals surface area contributed by atoms with Crippen LogP contribution in [0.2, 0.25) is 0 Å². The van der Waals surface area contributed by atoms with Gasteiger partial charge in [-0.05, 0) is 27.7 Å². The monoisotopic (exact) mass is 242 g/mol. The zero-order chi connectivity index (χ0) is 13.2. The summed E-state index contributed by atoms with van der Waals surface area (Å²) < 4.78 is 10.8. The number of ether oxygens (including phenoxy) is 1. The van der Waals surface area contributed by atoms with Gasteiger partial charge in [0.05, 0.1) is 6.20 Å². The van der Waals surface area contributed by atoms with Gasteiger partial charge in [0, 0.05) is 0 Å². The van der Waals surface area contributed by atoms with Crippen LogP contribution in [0.5, 0.6) is 5.88 Å². The average molecular weight is 242 g/mol. The summed E-state index contributed by atoms with van der Waals surface area (Å²) >= 11 is 0. The summed E-state index contributed by atoms with van der Waals surface area (Å²) in [5, 5.41) is 17.4. The highest BCUT2D eigenvalue weighted by Crippen LogP contribution is 2.17. The maximum atomic E-state index is 11.8. The van der Waals surface area contributed by atoms with E-state index in [-0.39, 0.29) is 5.88 Å². The number of rotatable bonds is 2. The Bertz CT molecular complexity index is 410. The summed E-state index contributed by atoms with van der Waals surface area (Å²) in [5.41, 5.74) is -0.664. The lowest BCUT2D eigenvalue weighted by atomic mass is 10.2. The van der Waals surface area contributed by atoms with Crippen molar-refractivity contribution in [2.75, 3.05) is 0 Å². The van der Waals surface area contributed by atoms with Crippen LogP contribution in [0.4, 0.5) is 4.79 Å². The molecule has 0 fully saturated rings. The fourth-order valence-corrected chi connectivity index (χ4v) is 1.14. The maximum Gasteiger partial charge on any atom is 0.708 e. The number of hydrogen-bond acceptors (Lipinski definition) is 6. The summed E-state index contributed by atoms with van der Waals surface area (Å²) in [5.74, 6) is 0.238. The van der Waals surface area contributed by atoms with Gasteiger partial charge in [-0.2, -0.15) is 0 Å². The van der Waals surface area contributed by atoms with Crippen LogP contribution in [0.3, 0.4) is 0 Å². The van der Waals surface area contributed by atoms with E-state index in [1.54, 1.807) is 27.7 Å². The lowest BCUT2D eigenvalue weighted by molar-refractivity contribution is 0.0523. The van der Waals surface area contributed by atoms with Gasteiger partial charge in [-0.15, -0.1) is 0 Å². The second kappa shape index (κ2) is 4.76. The van der Waals surface area contributed by atoms with E-state index in [4.69, 9.17) is 14.8 Å². The van der Waals surface area contributed by atoms with Crippen molar-refractivity contribution in [1.82, 2.24) is 9.55 Å². The quantitative estimate of drug-likeness (QED) is 0.725. The second-order valence-corrected chi connectivity index (χ2v) is 4.40. The van der Waals surface area contributed by atoms with Crippen LogP contribution in [-0.4, -0.2) is 38.6 Å². The third-order valence-electron chi connectivity index (χ3n) is 1.71. The van der Waals surface area contributed by atoms with Crippen molar-refractivity contribution in [3.05, 3.63) is 12.0 Å². The molecular formula is C9H15BN2O5. The van der Waals surface area contributed by atoms with Crippen molar-refractivity contribution in [2.24, 2.45) is 0 Å². The Hall–Kier alpha value is -1.54. The number of hydrogen-bond donors (Lipinski definition) is 2. The molecule has 0 unspecified atom stereocenters. The number of aromatic nitrogens is 2. The van der Waals surface area contributed by atoms with E-state index in [2.05, 4.69) is 9.64 Å². The van der Waals surface area contributed by atoms with E-state index in [0.29, 0.717) is 5.82 Å². The van der Waals surface area contributed by atoms with Crippen LogP contribution >= 0.6 is 0 Å². The first-order valence-corrected chi connectivity index (χ1v) is 5.01. The van der Waals surface area contributed by atoms with Gasteiger partial charge in [0.25, 0.3) is 0 Å². The molecular weight excluding hydrogens is 227 g/mol. The van der Waals surface area contributed by atoms with Gasteiger partial charge in [-0.1, -0.05) is 0 Å². The minimum atomic E-state index is -2.02. The Morgan fingerprint density at radius 1 is 1.47 bits per heavy atom. The molecule has 94 valence electrons. The second-order valence-electron chi connectivity index (χ2n) is 4.40. The first-order chi connectivity index (χ1) is 7.70. The number of carbonyl (C=O) groups is 1. The number of imidazole rings is 1. The number of aryl methyl sites for hydroxylation is 1. The smallest absolute Gasteiger partial charge is 0.497 e. The molecule has 0 spiro atoms. The minimum absolute atomic E-state index is 0.0910. The van der Waals surface area contributed by atoms with Gasteiger partial charge in [0.2, 0.25) is 5.88 Å². The Morgan fingerprint density at radius 2 is 2.06 bits per heavy atom. The van der Waals surface area contributed by atoms with Crippen LogP contribution in [-0.2, 0) is 4.74 Å². The summed E-state index contributed by atoms with van der Waals surface area (Å²) in [6.45, 7) is 6.73. The van der Waals surface area contributed by atoms with Crippen molar-refractivity contribution >= 4 is 13.4 Å². The van der Waals surface area contributed by atoms with E-state index >= 15 is 0 Å². The third kappa shape index (κ3) is 3.75. The highest BCUT2D eigenvalue weighted by molar-refractivity contribution is 6.33. The van der Waals surface area contributed by atoms with Crippen LogP contribution in [0.1, 0.15) is 26.6 Å². The Balaban J connectivity index is 2.96. The van der Waals surface area contributed by atoms with Crippen LogP contribution in [0.25, 0.3) is 0 Å². The van der Waals surface area contributed by atoms with Gasteiger partial charge < -0.3 is 19.4 Å². The molecule has 0 saturated heterocycles. The predicted octanol–water partition coefficient (Wildman–Crippen LogP) is 0.323. The summed E-state index contributed by atoms with van der Waals surface area (Å²) in [6, 6.07) is 0. The highest BCUT2D eigenvalue weighted by atomic mass is 16.6. The third-order valence-corrected chi connectivity index (χ3v) is 1.71. The average Bonchev–Trinajstić information content (AvgIpc) is 2.42. The molecule has 8 heteroatoms. The van der Waals surface area contributed by atoms with Crippen molar-refractivity contribution in [1.29, 1.82) is 0 Å². The molecule has 0 radical (unpaired) electrons. The molecule has 1 rings (SSSR count). The van der Waals surface area contributed by atoms with E-state index in [1.807, 2.05) is 0 Å². The molecule has 0 aliphatic carbocycles. The van der Waals surface area contributed by atoms with Gasteiger partial charge in [-0.25, -0.2) is 14.3 Å². The largest absolute Gasteiger partial charge is 0.708 e. The van der Waals surface area contributed by atoms with Gasteiger partial charge in [0.1, 0.15) is 11.4 Å². The fourth-order valence-electron chi connectivity index (χ4n) is 1.14. The van der Waals surface area contributed by atoms with E-state index in [1.165, 1.54) is 6.20 Å². The Kier molecular flexibility index (Phi) is 3.79. The van der Waals surface area contributed by atoms with E-state index in [0.717, 1.165) is 4.57 Å². The molecule has 0 aromatic carbocycles. The molecule has 1 aromatic heterocycles. The molecule has 0 amide bonds. The molecule has 0 atom stereocenters. The fraction of sp³-hybridized carbons (Fsp3) is 0.556. The van der Waals surface area contributed by atoms with E-state index in [9.17, 15) is 4.79 Å². The molecule has 7 nitrogen and oxygen atoms in total. The van der Waals surface area contributed by atoms with Crippen LogP contribution in [0.15, 0.2) is 6.20 Å². The van der Waals surface area contributed by atoms with Crippen molar-refractivity contribution < 1.29 is 24.2 Å². The Morgan fingerprint density at radius 3 is 2.53 bits per heavy atom. The summed E-state index contributed by atoms with van der Waals surface area (Å²) in [7, 11) is -2.02. The summed E-state index contributed by atoms with van der Waals surface area (Å²) in [6.07, 6.45) is 0.516. The lowest BCUT2D eigenvalue weighted by Crippen LogP contribution is -2.29. The molecule has 0 aliphatic rings. The van der Waals surface area contributed by atoms with E-state index < -0.39 is 19.0 Å².